The highest BCUT2D eigenvalue weighted by molar-refractivity contribution is 7.93. The van der Waals surface area contributed by atoms with Crippen molar-refractivity contribution >= 4 is 33.2 Å². The lowest BCUT2D eigenvalue weighted by atomic mass is 10.1. The maximum absolute atomic E-state index is 13.4. The molecule has 0 atom stereocenters. The van der Waals surface area contributed by atoms with Crippen LogP contribution >= 0.6 is 11.6 Å². The fourth-order valence-electron chi connectivity index (χ4n) is 4.31. The molecule has 8 heteroatoms. The Morgan fingerprint density at radius 1 is 1.03 bits per heavy atom. The highest BCUT2D eigenvalue weighted by Gasteiger charge is 2.33. The third-order valence-corrected chi connectivity index (χ3v) is 8.57. The number of halogens is 1. The second-order valence-corrected chi connectivity index (χ2v) is 11.2. The van der Waals surface area contributed by atoms with E-state index in [1.807, 2.05) is 24.3 Å². The molecular formula is C24H30ClN3O3S. The molecule has 172 valence electrons. The Bertz CT molecular complexity index is 1100. The summed E-state index contributed by atoms with van der Waals surface area (Å²) in [5, 5.41) is 0.129. The second-order valence-electron chi connectivity index (χ2n) is 8.92. The first kappa shape index (κ1) is 23.1. The van der Waals surface area contributed by atoms with Crippen LogP contribution in [0.1, 0.15) is 36.2 Å². The van der Waals surface area contributed by atoms with Crippen LogP contribution < -0.4 is 4.31 Å². The maximum Gasteiger partial charge on any atom is 0.265 e. The summed E-state index contributed by atoms with van der Waals surface area (Å²) in [5.74, 6) is 0.509. The quantitative estimate of drug-likeness (QED) is 0.635. The molecule has 0 spiro atoms. The first-order chi connectivity index (χ1) is 15.3. The van der Waals surface area contributed by atoms with Gasteiger partial charge in [-0.1, -0.05) is 43.6 Å². The molecule has 0 N–H and O–H groups in total. The third kappa shape index (κ3) is 4.65. The van der Waals surface area contributed by atoms with Crippen LogP contribution in [-0.2, 0) is 16.4 Å². The summed E-state index contributed by atoms with van der Waals surface area (Å²) in [6, 6.07) is 12.1. The molecule has 2 aliphatic heterocycles. The number of rotatable bonds is 6. The summed E-state index contributed by atoms with van der Waals surface area (Å²) < 4.78 is 28.3. The monoisotopic (exact) mass is 475 g/mol. The SMILES string of the molecule is CC(C)CCN1CCN(C(=O)c2ccc(Cl)c(S(=O)(=O)N3CCc4ccccc43)c2)CC1. The van der Waals surface area contributed by atoms with Crippen LogP contribution in [0.2, 0.25) is 5.02 Å². The molecule has 2 heterocycles. The van der Waals surface area contributed by atoms with Crippen molar-refractivity contribution in [3.8, 4) is 0 Å². The molecule has 4 rings (SSSR count). The van der Waals surface area contributed by atoms with Crippen LogP contribution in [0.5, 0.6) is 0 Å². The Morgan fingerprint density at radius 2 is 1.75 bits per heavy atom. The van der Waals surface area contributed by atoms with Gasteiger partial charge in [-0.25, -0.2) is 8.42 Å². The molecular weight excluding hydrogens is 446 g/mol. The molecule has 1 fully saturated rings. The fraction of sp³-hybridized carbons (Fsp3) is 0.458. The van der Waals surface area contributed by atoms with Crippen LogP contribution in [0.25, 0.3) is 0 Å². The molecule has 0 aliphatic carbocycles. The second kappa shape index (κ2) is 9.41. The lowest BCUT2D eigenvalue weighted by Crippen LogP contribution is -2.49. The topological polar surface area (TPSA) is 60.9 Å². The largest absolute Gasteiger partial charge is 0.336 e. The minimum absolute atomic E-state index is 0.0164. The van der Waals surface area contributed by atoms with E-state index in [9.17, 15) is 13.2 Å². The van der Waals surface area contributed by atoms with Gasteiger partial charge < -0.3 is 4.90 Å². The number of para-hydroxylation sites is 1. The fourth-order valence-corrected chi connectivity index (χ4v) is 6.31. The van der Waals surface area contributed by atoms with Crippen LogP contribution in [0, 0.1) is 5.92 Å². The predicted molar refractivity (Wildman–Crippen MR) is 128 cm³/mol. The molecule has 1 saturated heterocycles. The van der Waals surface area contributed by atoms with Crippen LogP contribution in [-0.4, -0.2) is 63.4 Å². The zero-order valence-electron chi connectivity index (χ0n) is 18.6. The zero-order chi connectivity index (χ0) is 22.9. The lowest BCUT2D eigenvalue weighted by molar-refractivity contribution is 0.0631. The molecule has 0 aromatic heterocycles. The molecule has 2 aliphatic rings. The number of amides is 1. The Balaban J connectivity index is 1.52. The van der Waals surface area contributed by atoms with E-state index in [0.717, 1.165) is 31.6 Å². The predicted octanol–water partition coefficient (Wildman–Crippen LogP) is 3.90. The van der Waals surface area contributed by atoms with Gasteiger partial charge in [0.25, 0.3) is 15.9 Å². The van der Waals surface area contributed by atoms with E-state index in [0.29, 0.717) is 43.2 Å². The van der Waals surface area contributed by atoms with Crippen LogP contribution in [0.15, 0.2) is 47.4 Å². The molecule has 0 saturated carbocycles. The van der Waals surface area contributed by atoms with Gasteiger partial charge in [-0.3, -0.25) is 14.0 Å². The van der Waals surface area contributed by atoms with Crippen LogP contribution in [0.4, 0.5) is 5.69 Å². The van der Waals surface area contributed by atoms with E-state index in [1.165, 1.54) is 16.4 Å². The van der Waals surface area contributed by atoms with Gasteiger partial charge in [0.15, 0.2) is 0 Å². The summed E-state index contributed by atoms with van der Waals surface area (Å²) in [4.78, 5) is 17.3. The van der Waals surface area contributed by atoms with Gasteiger partial charge in [-0.2, -0.15) is 0 Å². The number of fused-ring (bicyclic) bond motifs is 1. The van der Waals surface area contributed by atoms with Crippen LogP contribution in [0.3, 0.4) is 0 Å². The van der Waals surface area contributed by atoms with E-state index in [2.05, 4.69) is 18.7 Å². The number of hydrogen-bond acceptors (Lipinski definition) is 4. The van der Waals surface area contributed by atoms with Crippen molar-refractivity contribution in [3.05, 3.63) is 58.6 Å². The van der Waals surface area contributed by atoms with Crippen molar-refractivity contribution in [2.75, 3.05) is 43.6 Å². The van der Waals surface area contributed by atoms with Gasteiger partial charge in [-0.05, 0) is 55.1 Å². The van der Waals surface area contributed by atoms with E-state index in [-0.39, 0.29) is 15.8 Å². The Hall–Kier alpha value is -2.09. The highest BCUT2D eigenvalue weighted by atomic mass is 35.5. The first-order valence-electron chi connectivity index (χ1n) is 11.2. The zero-order valence-corrected chi connectivity index (χ0v) is 20.2. The lowest BCUT2D eigenvalue weighted by Gasteiger charge is -2.35. The molecule has 32 heavy (non-hydrogen) atoms. The average Bonchev–Trinajstić information content (AvgIpc) is 3.23. The molecule has 0 bridgehead atoms. The number of carbonyl (C=O) groups excluding carboxylic acids is 1. The summed E-state index contributed by atoms with van der Waals surface area (Å²) in [5.41, 5.74) is 2.03. The molecule has 2 aromatic carbocycles. The molecule has 1 amide bonds. The molecule has 0 radical (unpaired) electrons. The third-order valence-electron chi connectivity index (χ3n) is 6.27. The van der Waals surface area contributed by atoms with Crippen molar-refractivity contribution in [1.29, 1.82) is 0 Å². The molecule has 2 aromatic rings. The summed E-state index contributed by atoms with van der Waals surface area (Å²) in [6.07, 6.45) is 1.80. The van der Waals surface area contributed by atoms with Gasteiger partial charge in [-0.15, -0.1) is 0 Å². The Kier molecular flexibility index (Phi) is 6.79. The summed E-state index contributed by atoms with van der Waals surface area (Å²) >= 11 is 6.32. The number of benzene rings is 2. The minimum Gasteiger partial charge on any atom is -0.336 e. The van der Waals surface area contributed by atoms with Crippen molar-refractivity contribution < 1.29 is 13.2 Å². The number of hydrogen-bond donors (Lipinski definition) is 0. The van der Waals surface area contributed by atoms with E-state index < -0.39 is 10.0 Å². The van der Waals surface area contributed by atoms with Gasteiger partial charge in [0.1, 0.15) is 4.90 Å². The van der Waals surface area contributed by atoms with E-state index in [4.69, 9.17) is 11.6 Å². The van der Waals surface area contributed by atoms with E-state index in [1.54, 1.807) is 11.0 Å². The van der Waals surface area contributed by atoms with E-state index >= 15 is 0 Å². The average molecular weight is 476 g/mol. The minimum atomic E-state index is -3.87. The van der Waals surface area contributed by atoms with Gasteiger partial charge in [0, 0.05) is 38.3 Å². The van der Waals surface area contributed by atoms with Crippen molar-refractivity contribution in [1.82, 2.24) is 9.80 Å². The maximum atomic E-state index is 13.4. The molecule has 0 unspecified atom stereocenters. The number of anilines is 1. The summed E-state index contributed by atoms with van der Waals surface area (Å²) in [7, 11) is -3.87. The Morgan fingerprint density at radius 3 is 2.47 bits per heavy atom. The van der Waals surface area contributed by atoms with Crippen molar-refractivity contribution in [2.24, 2.45) is 5.92 Å². The number of sulfonamides is 1. The number of nitrogens with zero attached hydrogens (tertiary/aromatic N) is 3. The first-order valence-corrected chi connectivity index (χ1v) is 13.0. The number of piperazine rings is 1. The van der Waals surface area contributed by atoms with Crippen molar-refractivity contribution in [3.63, 3.8) is 0 Å². The standard InChI is InChI=1S/C24H30ClN3O3S/c1-18(2)9-11-26-13-15-27(16-14-26)24(29)20-7-8-21(25)23(17-20)32(30,31)28-12-10-19-5-3-4-6-22(19)28/h3-8,17-18H,9-16H2,1-2H3. The normalized spacial score (nSPS) is 17.1. The molecule has 6 nitrogen and oxygen atoms in total. The van der Waals surface area contributed by atoms with Gasteiger partial charge in [0.2, 0.25) is 0 Å². The Labute approximate surface area is 195 Å². The summed E-state index contributed by atoms with van der Waals surface area (Å²) in [6.45, 7) is 8.79. The van der Waals surface area contributed by atoms with Gasteiger partial charge >= 0.3 is 0 Å². The highest BCUT2D eigenvalue weighted by Crippen LogP contribution is 2.35. The van der Waals surface area contributed by atoms with Gasteiger partial charge in [0.05, 0.1) is 10.7 Å². The van der Waals surface area contributed by atoms with Crippen molar-refractivity contribution in [2.45, 2.75) is 31.6 Å². The number of carbonyl (C=O) groups is 1. The smallest absolute Gasteiger partial charge is 0.265 e.